The van der Waals surface area contributed by atoms with Crippen molar-refractivity contribution in [2.45, 2.75) is 6.92 Å². The lowest BCUT2D eigenvalue weighted by Gasteiger charge is -2.16. The van der Waals surface area contributed by atoms with Crippen molar-refractivity contribution in [3.8, 4) is 0 Å². The molecule has 1 heterocycles. The second kappa shape index (κ2) is 6.90. The Labute approximate surface area is 95.6 Å². The van der Waals surface area contributed by atoms with Crippen LogP contribution in [0.5, 0.6) is 0 Å². The molecule has 0 bridgehead atoms. The molecule has 1 aliphatic heterocycles. The minimum Gasteiger partial charge on any atom is -0.386 e. The first kappa shape index (κ1) is 13.5. The van der Waals surface area contributed by atoms with Crippen molar-refractivity contribution in [2.75, 3.05) is 32.1 Å². The molecule has 4 nitrogen and oxygen atoms in total. The van der Waals surface area contributed by atoms with Gasteiger partial charge in [0.15, 0.2) is 0 Å². The first-order valence-electron chi connectivity index (χ1n) is 4.35. The van der Waals surface area contributed by atoms with E-state index < -0.39 is 0 Å². The molecule has 2 N–H and O–H groups in total. The molecule has 0 atom stereocenters. The van der Waals surface area contributed by atoms with Crippen LogP contribution in [0.4, 0.5) is 0 Å². The highest BCUT2D eigenvalue weighted by atomic mass is 35.5. The standard InChI is InChI=1S/C8H15ClN4.ClH/c1-7-11-2-4-13(7)5-3-12-8(10)6-9;/h2-6H2,1H3,(H2,10,12);1H. The zero-order valence-electron chi connectivity index (χ0n) is 8.24. The molecular formula is C8H16Cl2N4. The summed E-state index contributed by atoms with van der Waals surface area (Å²) in [6.45, 7) is 5.50. The average Bonchev–Trinajstić information content (AvgIpc) is 2.52. The van der Waals surface area contributed by atoms with E-state index in [2.05, 4.69) is 14.9 Å². The lowest BCUT2D eigenvalue weighted by molar-refractivity contribution is 0.466. The van der Waals surface area contributed by atoms with Gasteiger partial charge in [-0.25, -0.2) is 0 Å². The Morgan fingerprint density at radius 1 is 1.71 bits per heavy atom. The van der Waals surface area contributed by atoms with Crippen molar-refractivity contribution in [1.82, 2.24) is 4.90 Å². The Kier molecular flexibility index (Phi) is 6.66. The second-order valence-corrected chi connectivity index (χ2v) is 3.19. The summed E-state index contributed by atoms with van der Waals surface area (Å²) in [5.74, 6) is 1.92. The fourth-order valence-corrected chi connectivity index (χ4v) is 1.31. The van der Waals surface area contributed by atoms with Gasteiger partial charge in [-0.1, -0.05) is 0 Å². The van der Waals surface area contributed by atoms with Crippen LogP contribution in [-0.2, 0) is 0 Å². The van der Waals surface area contributed by atoms with Crippen LogP contribution in [0.25, 0.3) is 0 Å². The lowest BCUT2D eigenvalue weighted by Crippen LogP contribution is -2.29. The van der Waals surface area contributed by atoms with Gasteiger partial charge >= 0.3 is 0 Å². The number of halogens is 2. The predicted octanol–water partition coefficient (Wildman–Crippen LogP) is 0.738. The zero-order valence-corrected chi connectivity index (χ0v) is 9.81. The molecule has 0 aliphatic carbocycles. The Hall–Kier alpha value is -0.480. The van der Waals surface area contributed by atoms with E-state index in [9.17, 15) is 0 Å². The summed E-state index contributed by atoms with van der Waals surface area (Å²) in [4.78, 5) is 10.6. The number of amidine groups is 2. The Morgan fingerprint density at radius 2 is 2.43 bits per heavy atom. The van der Waals surface area contributed by atoms with Crippen molar-refractivity contribution in [1.29, 1.82) is 0 Å². The molecule has 0 spiro atoms. The molecule has 0 amide bonds. The normalized spacial score (nSPS) is 16.6. The van der Waals surface area contributed by atoms with Crippen LogP contribution in [-0.4, -0.2) is 48.6 Å². The Bertz CT molecular complexity index is 227. The molecule has 0 saturated heterocycles. The SMILES string of the molecule is CC1=NCCN1CCN=C(N)CCl.Cl. The molecule has 1 aliphatic rings. The zero-order chi connectivity index (χ0) is 9.68. The summed E-state index contributed by atoms with van der Waals surface area (Å²) in [6.07, 6.45) is 0. The number of hydrogen-bond donors (Lipinski definition) is 1. The van der Waals surface area contributed by atoms with Crippen LogP contribution in [0.1, 0.15) is 6.92 Å². The maximum Gasteiger partial charge on any atom is 0.109 e. The molecule has 0 aromatic heterocycles. The summed E-state index contributed by atoms with van der Waals surface area (Å²) < 4.78 is 0. The summed E-state index contributed by atoms with van der Waals surface area (Å²) in [5, 5.41) is 0. The highest BCUT2D eigenvalue weighted by Crippen LogP contribution is 1.99. The monoisotopic (exact) mass is 238 g/mol. The van der Waals surface area contributed by atoms with E-state index in [4.69, 9.17) is 17.3 Å². The van der Waals surface area contributed by atoms with Gasteiger partial charge in [0.25, 0.3) is 0 Å². The van der Waals surface area contributed by atoms with Crippen molar-refractivity contribution in [3.63, 3.8) is 0 Å². The molecule has 1 rings (SSSR count). The minimum atomic E-state index is 0. The Morgan fingerprint density at radius 3 is 2.93 bits per heavy atom. The van der Waals surface area contributed by atoms with Gasteiger partial charge in [0, 0.05) is 13.1 Å². The van der Waals surface area contributed by atoms with Gasteiger partial charge in [0.1, 0.15) is 5.84 Å². The third-order valence-corrected chi connectivity index (χ3v) is 2.26. The van der Waals surface area contributed by atoms with Crippen molar-refractivity contribution in [3.05, 3.63) is 0 Å². The molecule has 0 unspecified atom stereocenters. The van der Waals surface area contributed by atoms with E-state index in [-0.39, 0.29) is 12.4 Å². The van der Waals surface area contributed by atoms with E-state index in [1.54, 1.807) is 0 Å². The molecule has 6 heteroatoms. The largest absolute Gasteiger partial charge is 0.386 e. The molecule has 0 aromatic carbocycles. The summed E-state index contributed by atoms with van der Waals surface area (Å²) >= 11 is 5.48. The van der Waals surface area contributed by atoms with Crippen LogP contribution in [0.3, 0.4) is 0 Å². The molecule has 82 valence electrons. The molecular weight excluding hydrogens is 223 g/mol. The molecule has 0 radical (unpaired) electrons. The van der Waals surface area contributed by atoms with Crippen molar-refractivity contribution >= 4 is 35.7 Å². The number of alkyl halides is 1. The van der Waals surface area contributed by atoms with Gasteiger partial charge in [-0.3, -0.25) is 9.98 Å². The molecule has 0 aromatic rings. The topological polar surface area (TPSA) is 54.0 Å². The van der Waals surface area contributed by atoms with E-state index in [1.165, 1.54) is 0 Å². The third-order valence-electron chi connectivity index (χ3n) is 1.99. The smallest absolute Gasteiger partial charge is 0.109 e. The van der Waals surface area contributed by atoms with Gasteiger partial charge < -0.3 is 10.6 Å². The fraction of sp³-hybridized carbons (Fsp3) is 0.750. The summed E-state index contributed by atoms with van der Waals surface area (Å²) in [5.41, 5.74) is 5.46. The van der Waals surface area contributed by atoms with Crippen LogP contribution < -0.4 is 5.73 Å². The van der Waals surface area contributed by atoms with Gasteiger partial charge in [-0.2, -0.15) is 0 Å². The maximum absolute atomic E-state index is 5.48. The van der Waals surface area contributed by atoms with Gasteiger partial charge in [0.2, 0.25) is 0 Å². The second-order valence-electron chi connectivity index (χ2n) is 2.92. The van der Waals surface area contributed by atoms with Crippen molar-refractivity contribution < 1.29 is 0 Å². The predicted molar refractivity (Wildman–Crippen MR) is 64.0 cm³/mol. The highest BCUT2D eigenvalue weighted by molar-refractivity contribution is 6.27. The molecule has 0 fully saturated rings. The Balaban J connectivity index is 0.00000169. The number of nitrogens with two attached hydrogens (primary N) is 1. The van der Waals surface area contributed by atoms with Crippen molar-refractivity contribution in [2.24, 2.45) is 15.7 Å². The first-order chi connectivity index (χ1) is 6.24. The van der Waals surface area contributed by atoms with E-state index in [0.717, 1.165) is 25.5 Å². The fourth-order valence-electron chi connectivity index (χ4n) is 1.22. The lowest BCUT2D eigenvalue weighted by atomic mass is 10.5. The summed E-state index contributed by atoms with van der Waals surface area (Å²) in [6, 6.07) is 0. The number of nitrogens with zero attached hydrogens (tertiary/aromatic N) is 3. The van der Waals surface area contributed by atoms with Gasteiger partial charge in [-0.05, 0) is 6.92 Å². The molecule has 0 saturated carbocycles. The molecule has 14 heavy (non-hydrogen) atoms. The quantitative estimate of drug-likeness (QED) is 0.447. The van der Waals surface area contributed by atoms with E-state index >= 15 is 0 Å². The summed E-state index contributed by atoms with van der Waals surface area (Å²) in [7, 11) is 0. The van der Waals surface area contributed by atoms with E-state index in [0.29, 0.717) is 18.3 Å². The first-order valence-corrected chi connectivity index (χ1v) is 4.88. The minimum absolute atomic E-state index is 0. The highest BCUT2D eigenvalue weighted by Gasteiger charge is 2.10. The van der Waals surface area contributed by atoms with Gasteiger partial charge in [-0.15, -0.1) is 24.0 Å². The van der Waals surface area contributed by atoms with E-state index in [1.807, 2.05) is 6.92 Å². The van der Waals surface area contributed by atoms with Crippen LogP contribution in [0.15, 0.2) is 9.98 Å². The van der Waals surface area contributed by atoms with Crippen LogP contribution in [0.2, 0.25) is 0 Å². The number of hydrogen-bond acceptors (Lipinski definition) is 3. The van der Waals surface area contributed by atoms with Gasteiger partial charge in [0.05, 0.1) is 24.8 Å². The van der Waals surface area contributed by atoms with Crippen LogP contribution >= 0.6 is 24.0 Å². The van der Waals surface area contributed by atoms with Crippen LogP contribution in [0, 0.1) is 0 Å². The number of aliphatic imine (C=N–C) groups is 2. The third kappa shape index (κ3) is 4.15. The average molecular weight is 239 g/mol. The maximum atomic E-state index is 5.48. The number of rotatable bonds is 4.